The first-order valence-electron chi connectivity index (χ1n) is 7.54. The molecule has 1 unspecified atom stereocenters. The van der Waals surface area contributed by atoms with Gasteiger partial charge in [0.2, 0.25) is 6.79 Å². The van der Waals surface area contributed by atoms with E-state index < -0.39 is 0 Å². The van der Waals surface area contributed by atoms with Crippen LogP contribution in [-0.2, 0) is 13.0 Å². The fraction of sp³-hybridized carbons (Fsp3) is 0.438. The van der Waals surface area contributed by atoms with E-state index in [4.69, 9.17) is 9.47 Å². The van der Waals surface area contributed by atoms with Crippen molar-refractivity contribution in [1.82, 2.24) is 15.1 Å². The zero-order valence-corrected chi connectivity index (χ0v) is 12.1. The van der Waals surface area contributed by atoms with E-state index in [0.29, 0.717) is 6.79 Å². The highest BCUT2D eigenvalue weighted by Crippen LogP contribution is 2.39. The molecule has 0 amide bonds. The van der Waals surface area contributed by atoms with Crippen LogP contribution in [0.25, 0.3) is 0 Å². The van der Waals surface area contributed by atoms with Gasteiger partial charge in [-0.3, -0.25) is 4.68 Å². The Hall–Kier alpha value is -2.01. The summed E-state index contributed by atoms with van der Waals surface area (Å²) in [4.78, 5) is 0. The van der Waals surface area contributed by atoms with Gasteiger partial charge < -0.3 is 14.8 Å². The lowest BCUT2D eigenvalue weighted by molar-refractivity contribution is 0.174. The van der Waals surface area contributed by atoms with Gasteiger partial charge in [0, 0.05) is 19.3 Å². The van der Waals surface area contributed by atoms with Gasteiger partial charge >= 0.3 is 0 Å². The van der Waals surface area contributed by atoms with E-state index in [0.717, 1.165) is 37.4 Å². The summed E-state index contributed by atoms with van der Waals surface area (Å²) in [6.45, 7) is 4.41. The number of benzene rings is 1. The zero-order valence-electron chi connectivity index (χ0n) is 12.1. The lowest BCUT2D eigenvalue weighted by atomic mass is 9.91. The molecule has 0 radical (unpaired) electrons. The summed E-state index contributed by atoms with van der Waals surface area (Å²) in [7, 11) is 0. The van der Waals surface area contributed by atoms with Gasteiger partial charge in [-0.05, 0) is 42.2 Å². The highest BCUT2D eigenvalue weighted by atomic mass is 16.7. The van der Waals surface area contributed by atoms with Crippen LogP contribution in [0.3, 0.4) is 0 Å². The van der Waals surface area contributed by atoms with Gasteiger partial charge in [0.05, 0.1) is 11.7 Å². The Kier molecular flexibility index (Phi) is 3.07. The summed E-state index contributed by atoms with van der Waals surface area (Å²) in [5.41, 5.74) is 3.84. The molecule has 0 aliphatic carbocycles. The normalized spacial score (nSPS) is 19.6. The van der Waals surface area contributed by atoms with E-state index in [2.05, 4.69) is 40.2 Å². The number of rotatable bonds is 3. The molecule has 2 aliphatic rings. The number of hydrogen-bond acceptors (Lipinski definition) is 4. The fourth-order valence-corrected chi connectivity index (χ4v) is 3.20. The second kappa shape index (κ2) is 5.07. The molecule has 1 aromatic carbocycles. The van der Waals surface area contributed by atoms with Crippen molar-refractivity contribution in [3.05, 3.63) is 41.2 Å². The molecule has 1 N–H and O–H groups in total. The number of nitrogens with one attached hydrogen (secondary N) is 1. The van der Waals surface area contributed by atoms with Crippen LogP contribution in [-0.4, -0.2) is 23.1 Å². The summed E-state index contributed by atoms with van der Waals surface area (Å²) in [5, 5.41) is 8.06. The predicted molar refractivity (Wildman–Crippen MR) is 78.6 cm³/mol. The minimum atomic E-state index is 0.178. The second-order valence-corrected chi connectivity index (χ2v) is 5.52. The maximum Gasteiger partial charge on any atom is 0.231 e. The molecule has 0 saturated heterocycles. The van der Waals surface area contributed by atoms with E-state index in [1.165, 1.54) is 16.8 Å². The summed E-state index contributed by atoms with van der Waals surface area (Å²) in [6, 6.07) is 6.54. The molecule has 2 aromatic rings. The first-order chi connectivity index (χ1) is 10.4. The SMILES string of the molecule is CCCn1nccc1C1NCCc2cc3c(cc21)OCO3. The Morgan fingerprint density at radius 2 is 2.19 bits per heavy atom. The van der Waals surface area contributed by atoms with Gasteiger partial charge in [0.15, 0.2) is 11.5 Å². The maximum atomic E-state index is 5.54. The molecule has 0 saturated carbocycles. The highest BCUT2D eigenvalue weighted by molar-refractivity contribution is 5.52. The van der Waals surface area contributed by atoms with Gasteiger partial charge in [-0.25, -0.2) is 0 Å². The maximum absolute atomic E-state index is 5.54. The van der Waals surface area contributed by atoms with Crippen LogP contribution in [0.15, 0.2) is 24.4 Å². The summed E-state index contributed by atoms with van der Waals surface area (Å²) in [5.74, 6) is 1.72. The number of aromatic nitrogens is 2. The third kappa shape index (κ3) is 2.08. The van der Waals surface area contributed by atoms with Crippen molar-refractivity contribution in [2.75, 3.05) is 13.3 Å². The molecule has 0 spiro atoms. The quantitative estimate of drug-likeness (QED) is 0.939. The van der Waals surface area contributed by atoms with Gasteiger partial charge in [-0.15, -0.1) is 0 Å². The molecular weight excluding hydrogens is 266 g/mol. The second-order valence-electron chi connectivity index (χ2n) is 5.52. The Morgan fingerprint density at radius 1 is 1.33 bits per heavy atom. The van der Waals surface area contributed by atoms with E-state index in [9.17, 15) is 0 Å². The number of nitrogens with zero attached hydrogens (tertiary/aromatic N) is 2. The molecule has 3 heterocycles. The van der Waals surface area contributed by atoms with E-state index in [1.807, 2.05) is 6.20 Å². The molecule has 0 fully saturated rings. The summed E-state index contributed by atoms with van der Waals surface area (Å²) < 4.78 is 13.1. The van der Waals surface area contributed by atoms with Gasteiger partial charge in [-0.2, -0.15) is 5.10 Å². The largest absolute Gasteiger partial charge is 0.454 e. The Labute approximate surface area is 123 Å². The van der Waals surface area contributed by atoms with Crippen molar-refractivity contribution < 1.29 is 9.47 Å². The van der Waals surface area contributed by atoms with E-state index in [-0.39, 0.29) is 6.04 Å². The minimum absolute atomic E-state index is 0.178. The van der Waals surface area contributed by atoms with Crippen molar-refractivity contribution in [3.8, 4) is 11.5 Å². The Bertz CT molecular complexity index is 666. The average Bonchev–Trinajstić information content (AvgIpc) is 3.13. The predicted octanol–water partition coefficient (Wildman–Crippen LogP) is 2.26. The lowest BCUT2D eigenvalue weighted by Gasteiger charge is -2.28. The molecule has 5 nitrogen and oxygen atoms in total. The standard InChI is InChI=1S/C16H19N3O2/c1-2-7-19-13(4-6-18-19)16-12-9-15-14(20-10-21-15)8-11(12)3-5-17-16/h4,6,8-9,16-17H,2-3,5,7,10H2,1H3. The van der Waals surface area contributed by atoms with E-state index >= 15 is 0 Å². The Balaban J connectivity index is 1.77. The van der Waals surface area contributed by atoms with Crippen molar-refractivity contribution in [2.24, 2.45) is 0 Å². The number of hydrogen-bond donors (Lipinski definition) is 1. The molecule has 4 rings (SSSR count). The van der Waals surface area contributed by atoms with Gasteiger partial charge in [0.25, 0.3) is 0 Å². The molecule has 110 valence electrons. The number of aryl methyl sites for hydroxylation is 1. The Morgan fingerprint density at radius 3 is 3.05 bits per heavy atom. The molecule has 1 aromatic heterocycles. The molecular formula is C16H19N3O2. The fourth-order valence-electron chi connectivity index (χ4n) is 3.20. The van der Waals surface area contributed by atoms with Crippen molar-refractivity contribution >= 4 is 0 Å². The van der Waals surface area contributed by atoms with Crippen LogP contribution in [0, 0.1) is 0 Å². The summed E-state index contributed by atoms with van der Waals surface area (Å²) >= 11 is 0. The molecule has 1 atom stereocenters. The number of fused-ring (bicyclic) bond motifs is 2. The van der Waals surface area contributed by atoms with E-state index in [1.54, 1.807) is 0 Å². The molecule has 2 aliphatic heterocycles. The van der Waals surface area contributed by atoms with Crippen molar-refractivity contribution in [3.63, 3.8) is 0 Å². The van der Waals surface area contributed by atoms with Crippen LogP contribution in [0.5, 0.6) is 11.5 Å². The highest BCUT2D eigenvalue weighted by Gasteiger charge is 2.27. The van der Waals surface area contributed by atoms with Crippen LogP contribution in [0.4, 0.5) is 0 Å². The van der Waals surface area contributed by atoms with Crippen LogP contribution in [0.2, 0.25) is 0 Å². The monoisotopic (exact) mass is 285 g/mol. The van der Waals surface area contributed by atoms with Crippen LogP contribution >= 0.6 is 0 Å². The average molecular weight is 285 g/mol. The molecule has 0 bridgehead atoms. The van der Waals surface area contributed by atoms with Crippen molar-refractivity contribution in [1.29, 1.82) is 0 Å². The van der Waals surface area contributed by atoms with Gasteiger partial charge in [0.1, 0.15) is 0 Å². The van der Waals surface area contributed by atoms with Crippen LogP contribution < -0.4 is 14.8 Å². The number of ether oxygens (including phenoxy) is 2. The minimum Gasteiger partial charge on any atom is -0.454 e. The third-order valence-corrected chi connectivity index (χ3v) is 4.17. The lowest BCUT2D eigenvalue weighted by Crippen LogP contribution is -2.32. The first-order valence-corrected chi connectivity index (χ1v) is 7.54. The van der Waals surface area contributed by atoms with Crippen LogP contribution in [0.1, 0.15) is 36.2 Å². The molecule has 5 heteroatoms. The third-order valence-electron chi connectivity index (χ3n) is 4.17. The smallest absolute Gasteiger partial charge is 0.231 e. The topological polar surface area (TPSA) is 48.3 Å². The molecule has 21 heavy (non-hydrogen) atoms. The zero-order chi connectivity index (χ0) is 14.2. The van der Waals surface area contributed by atoms with Crippen molar-refractivity contribution in [2.45, 2.75) is 32.4 Å². The van der Waals surface area contributed by atoms with Gasteiger partial charge in [-0.1, -0.05) is 6.92 Å². The summed E-state index contributed by atoms with van der Waals surface area (Å²) in [6.07, 6.45) is 3.98. The first kappa shape index (κ1) is 12.7.